The van der Waals surface area contributed by atoms with Gasteiger partial charge in [-0.2, -0.15) is 0 Å². The molecule has 3 heterocycles. The first-order valence-electron chi connectivity index (χ1n) is 8.85. The highest BCUT2D eigenvalue weighted by atomic mass is 32.2. The largest absolute Gasteiger partial charge is 0.482 e. The molecule has 0 bridgehead atoms. The number of hydrogen-bond donors (Lipinski definition) is 2. The van der Waals surface area contributed by atoms with E-state index >= 15 is 0 Å². The van der Waals surface area contributed by atoms with E-state index in [4.69, 9.17) is 9.47 Å². The normalized spacial score (nSPS) is 23.0. The lowest BCUT2D eigenvalue weighted by Crippen LogP contribution is -2.49. The summed E-state index contributed by atoms with van der Waals surface area (Å²) in [6, 6.07) is 15.9. The summed E-state index contributed by atoms with van der Waals surface area (Å²) in [4.78, 5) is 16.2. The molecule has 7 nitrogen and oxygen atoms in total. The van der Waals surface area contributed by atoms with Gasteiger partial charge in [0.15, 0.2) is 17.5 Å². The summed E-state index contributed by atoms with van der Waals surface area (Å²) in [6.45, 7) is 0.0372. The second kappa shape index (κ2) is 6.57. The highest BCUT2D eigenvalue weighted by Crippen LogP contribution is 2.52. The van der Waals surface area contributed by atoms with Gasteiger partial charge >= 0.3 is 0 Å². The molecule has 2 atom stereocenters. The monoisotopic (exact) mass is 394 g/mol. The van der Waals surface area contributed by atoms with Crippen LogP contribution in [0.4, 0.5) is 5.69 Å². The molecule has 0 saturated heterocycles. The molecule has 0 fully saturated rings. The third-order valence-electron chi connectivity index (χ3n) is 4.95. The number of hydrogen-bond acceptors (Lipinski definition) is 6. The quantitative estimate of drug-likeness (QED) is 0.711. The van der Waals surface area contributed by atoms with Crippen molar-refractivity contribution in [3.63, 3.8) is 0 Å². The fraction of sp³-hybridized carbons (Fsp3) is 0.200. The number of amides is 1. The van der Waals surface area contributed by atoms with Crippen LogP contribution in [0.3, 0.4) is 0 Å². The Balaban J connectivity index is 1.65. The van der Waals surface area contributed by atoms with E-state index in [1.54, 1.807) is 25.1 Å². The molecular weight excluding hydrogens is 376 g/mol. The summed E-state index contributed by atoms with van der Waals surface area (Å²) in [5.74, 6) is 0.511. The number of thioether (sulfide) groups is 1. The lowest BCUT2D eigenvalue weighted by molar-refractivity contribution is -0.118. The van der Waals surface area contributed by atoms with Crippen molar-refractivity contribution in [3.05, 3.63) is 72.1 Å². The Morgan fingerprint density at radius 2 is 2.14 bits per heavy atom. The van der Waals surface area contributed by atoms with Gasteiger partial charge in [0.1, 0.15) is 5.75 Å². The van der Waals surface area contributed by atoms with Crippen molar-refractivity contribution in [3.8, 4) is 5.75 Å². The Bertz CT molecular complexity index is 1040. The number of methoxy groups -OCH3 is 1. The molecule has 3 aromatic rings. The maximum Gasteiger partial charge on any atom is 0.262 e. The van der Waals surface area contributed by atoms with Gasteiger partial charge in [-0.15, -0.1) is 0 Å². The van der Waals surface area contributed by atoms with Gasteiger partial charge in [-0.25, -0.2) is 9.66 Å². The number of anilines is 1. The lowest BCUT2D eigenvalue weighted by Gasteiger charge is -2.44. The molecule has 1 aromatic heterocycles. The maximum absolute atomic E-state index is 11.8. The summed E-state index contributed by atoms with van der Waals surface area (Å²) >= 11 is 1.61. The predicted molar refractivity (Wildman–Crippen MR) is 106 cm³/mol. The molecule has 2 aliphatic heterocycles. The van der Waals surface area contributed by atoms with Crippen molar-refractivity contribution in [1.29, 1.82) is 0 Å². The molecule has 5 rings (SSSR count). The molecule has 0 saturated carbocycles. The predicted octanol–water partition coefficient (Wildman–Crippen LogP) is 3.10. The number of aromatic nitrogens is 2. The van der Waals surface area contributed by atoms with Crippen LogP contribution in [-0.4, -0.2) is 29.3 Å². The molecular formula is C20H18N4O3S. The number of nitrogens with zero attached hydrogens (tertiary/aromatic N) is 2. The Labute approximate surface area is 166 Å². The summed E-state index contributed by atoms with van der Waals surface area (Å²) in [6.07, 6.45) is 3.63. The van der Waals surface area contributed by atoms with Crippen LogP contribution in [0.2, 0.25) is 0 Å². The standard InChI is InChI=1S/C20H18N4O3S/c1-26-20(14-5-3-2-4-6-14)18(28-19-21-9-10-24(19)23-20)13-7-8-16-15(11-13)22-17(25)12-27-16/h2-11,18,23H,12H2,1H3,(H,22,25). The van der Waals surface area contributed by atoms with Gasteiger partial charge in [-0.3, -0.25) is 10.2 Å². The summed E-state index contributed by atoms with van der Waals surface area (Å²) in [5, 5.41) is 3.57. The van der Waals surface area contributed by atoms with Crippen LogP contribution in [-0.2, 0) is 15.3 Å². The highest BCUT2D eigenvalue weighted by Gasteiger charge is 2.47. The van der Waals surface area contributed by atoms with Gasteiger partial charge in [0, 0.05) is 25.1 Å². The number of nitrogens with one attached hydrogen (secondary N) is 2. The summed E-state index contributed by atoms with van der Waals surface area (Å²) in [7, 11) is 1.69. The second-order valence-corrected chi connectivity index (χ2v) is 7.66. The fourth-order valence-corrected chi connectivity index (χ4v) is 4.91. The van der Waals surface area contributed by atoms with Crippen molar-refractivity contribution in [2.45, 2.75) is 16.1 Å². The van der Waals surface area contributed by atoms with E-state index in [2.05, 4.69) is 15.7 Å². The van der Waals surface area contributed by atoms with Gasteiger partial charge in [-0.05, 0) is 17.7 Å². The number of benzene rings is 2. The Kier molecular flexibility index (Phi) is 4.03. The van der Waals surface area contributed by atoms with E-state index in [1.807, 2.05) is 59.4 Å². The molecule has 8 heteroatoms. The number of carbonyl (C=O) groups excluding carboxylic acids is 1. The van der Waals surface area contributed by atoms with Crippen LogP contribution in [0.25, 0.3) is 0 Å². The van der Waals surface area contributed by atoms with Gasteiger partial charge in [0.2, 0.25) is 0 Å². The summed E-state index contributed by atoms with van der Waals surface area (Å²) in [5.41, 5.74) is 5.31. The highest BCUT2D eigenvalue weighted by molar-refractivity contribution is 7.99. The molecule has 0 radical (unpaired) electrons. The number of rotatable bonds is 3. The zero-order valence-electron chi connectivity index (χ0n) is 15.1. The van der Waals surface area contributed by atoms with Crippen molar-refractivity contribution in [2.24, 2.45) is 0 Å². The van der Waals surface area contributed by atoms with Crippen LogP contribution >= 0.6 is 11.8 Å². The fourth-order valence-electron chi connectivity index (χ4n) is 3.63. The average molecular weight is 394 g/mol. The molecule has 2 aromatic carbocycles. The smallest absolute Gasteiger partial charge is 0.262 e. The Hall–Kier alpha value is -2.97. The lowest BCUT2D eigenvalue weighted by atomic mass is 9.93. The van der Waals surface area contributed by atoms with Gasteiger partial charge in [-0.1, -0.05) is 48.2 Å². The first-order valence-corrected chi connectivity index (χ1v) is 9.73. The summed E-state index contributed by atoms with van der Waals surface area (Å²) < 4.78 is 13.5. The third kappa shape index (κ3) is 2.64. The SMILES string of the molecule is COC1(c2ccccc2)Nn2ccnc2SC1c1ccc2c(c1)NC(=O)CO2. The van der Waals surface area contributed by atoms with Crippen molar-refractivity contribution in [1.82, 2.24) is 9.66 Å². The van der Waals surface area contributed by atoms with Crippen LogP contribution in [0.1, 0.15) is 16.4 Å². The topological polar surface area (TPSA) is 77.4 Å². The maximum atomic E-state index is 11.8. The molecule has 1 amide bonds. The van der Waals surface area contributed by atoms with E-state index in [0.29, 0.717) is 11.4 Å². The Morgan fingerprint density at radius 3 is 2.96 bits per heavy atom. The number of imidazole rings is 1. The third-order valence-corrected chi connectivity index (χ3v) is 6.30. The zero-order chi connectivity index (χ0) is 19.1. The molecule has 2 N–H and O–H groups in total. The van der Waals surface area contributed by atoms with E-state index in [9.17, 15) is 4.79 Å². The van der Waals surface area contributed by atoms with Crippen molar-refractivity contribution in [2.75, 3.05) is 24.5 Å². The molecule has 142 valence electrons. The minimum absolute atomic E-state index is 0.0372. The van der Waals surface area contributed by atoms with Crippen LogP contribution in [0.15, 0.2) is 66.1 Å². The number of carbonyl (C=O) groups is 1. The molecule has 0 spiro atoms. The van der Waals surface area contributed by atoms with Crippen LogP contribution in [0.5, 0.6) is 5.75 Å². The first-order chi connectivity index (χ1) is 13.7. The van der Waals surface area contributed by atoms with Crippen molar-refractivity contribution < 1.29 is 14.3 Å². The first kappa shape index (κ1) is 17.2. The van der Waals surface area contributed by atoms with E-state index in [1.165, 1.54) is 0 Å². The molecule has 2 unspecified atom stereocenters. The van der Waals surface area contributed by atoms with Crippen LogP contribution in [0, 0.1) is 0 Å². The van der Waals surface area contributed by atoms with Gasteiger partial charge < -0.3 is 14.8 Å². The van der Waals surface area contributed by atoms with E-state index in [-0.39, 0.29) is 17.8 Å². The number of ether oxygens (including phenoxy) is 2. The average Bonchev–Trinajstić information content (AvgIpc) is 3.20. The van der Waals surface area contributed by atoms with E-state index < -0.39 is 5.72 Å². The minimum atomic E-state index is -0.826. The van der Waals surface area contributed by atoms with Gasteiger partial charge in [0.25, 0.3) is 5.91 Å². The molecule has 0 aliphatic carbocycles. The Morgan fingerprint density at radius 1 is 1.29 bits per heavy atom. The van der Waals surface area contributed by atoms with Crippen LogP contribution < -0.4 is 15.5 Å². The minimum Gasteiger partial charge on any atom is -0.482 e. The molecule has 2 aliphatic rings. The number of fused-ring (bicyclic) bond motifs is 2. The van der Waals surface area contributed by atoms with E-state index in [0.717, 1.165) is 16.3 Å². The van der Waals surface area contributed by atoms with Crippen molar-refractivity contribution >= 4 is 23.4 Å². The second-order valence-electron chi connectivity index (χ2n) is 6.59. The van der Waals surface area contributed by atoms with Gasteiger partial charge in [0.05, 0.1) is 10.9 Å². The zero-order valence-corrected chi connectivity index (χ0v) is 15.9. The molecule has 28 heavy (non-hydrogen) atoms.